The fraction of sp³-hybridized carbons (Fsp3) is 0.417. The van der Waals surface area contributed by atoms with E-state index in [-0.39, 0.29) is 44.0 Å². The number of nitrogens with one attached hydrogen (secondary N) is 6. The van der Waals surface area contributed by atoms with Crippen LogP contribution < -0.4 is 42.1 Å². The van der Waals surface area contributed by atoms with E-state index in [9.17, 15) is 34.2 Å². The van der Waals surface area contributed by atoms with Gasteiger partial charge in [0, 0.05) is 87.2 Å². The van der Waals surface area contributed by atoms with Gasteiger partial charge in [0.1, 0.15) is 70.1 Å². The molecule has 472 valence electrons. The van der Waals surface area contributed by atoms with E-state index in [0.717, 1.165) is 61.7 Å². The zero-order valence-corrected chi connectivity index (χ0v) is 50.9. The number of carboxylic acids is 1. The number of nitrogens with zero attached hydrogens (tertiary/aromatic N) is 9. The number of carboxylic acid groups (broad SMARTS) is 1. The van der Waals surface area contributed by atoms with Gasteiger partial charge >= 0.3 is 24.1 Å². The molecule has 0 saturated carbocycles. The molecule has 13 N–H and O–H groups in total. The number of aromatic nitrogens is 9. The lowest BCUT2D eigenvalue weighted by Gasteiger charge is -2.40. The number of ether oxygens (including phenoxy) is 2. The monoisotopic (exact) mass is 1260 g/mol. The maximum absolute atomic E-state index is 13.1. The fourth-order valence-corrected chi connectivity index (χ4v) is 11.3. The summed E-state index contributed by atoms with van der Waals surface area (Å²) in [6.45, 7) is 8.64. The highest BCUT2D eigenvalue weighted by molar-refractivity contribution is 6.30. The molecule has 0 radical (unpaired) electrons. The number of piperidine rings is 3. The van der Waals surface area contributed by atoms with Crippen molar-refractivity contribution >= 4 is 104 Å². The minimum atomic E-state index is -1.34. The largest absolute Gasteiger partial charge is 0.480 e. The summed E-state index contributed by atoms with van der Waals surface area (Å²) in [5.74, 6) is 0.716. The van der Waals surface area contributed by atoms with Gasteiger partial charge in [0.25, 0.3) is 0 Å². The molecule has 4 aliphatic rings. The standard InChI is InChI=1S/C21H25ClN6O2.C17H23N5O4.C13H13N5O3.C9H12ClNO/c22-15-3-1-14(2-4-15)17(6-12-29)27-20(30)21(23)7-10-28(11-8-21)19-16-5-9-24-18(16)25-13-26-19;1-16(2,3)26-15(25)21-17(14(23)24)5-8-22(9-6-17)13-11-4-7-18-12(11)19-10-20-13;19-11-13(17-12(20)21-11)2-5-18(6-3-13)10-8-1-4-14-9(8)15-7-16-10;10-8-3-1-7(2-4-8)9(11)5-6-12/h1-5,9,13,17,29H,6-8,10-12,23H2,(H,27,30)(H,24,25,26);4,7,10H,5-6,8-9H2,1-3H3,(H,21,25)(H,23,24)(H,18,19,20);1,4,7H,2-3,5-6H2,(H,17,20)(H,14,15,16);1-4,9,12H,5-6,11H2/t17-;;;9-/m0..0/s1. The summed E-state index contributed by atoms with van der Waals surface area (Å²) in [4.78, 5) is 101. The Morgan fingerprint density at radius 1 is 0.652 bits per heavy atom. The van der Waals surface area contributed by atoms with Crippen molar-refractivity contribution in [2.24, 2.45) is 11.5 Å². The lowest BCUT2D eigenvalue weighted by molar-refractivity contribution is -0.146. The molecule has 4 fully saturated rings. The Hall–Kier alpha value is -8.73. The van der Waals surface area contributed by atoms with Gasteiger partial charge in [0.15, 0.2) is 0 Å². The molecule has 89 heavy (non-hydrogen) atoms. The molecule has 4 saturated heterocycles. The predicted molar refractivity (Wildman–Crippen MR) is 334 cm³/mol. The van der Waals surface area contributed by atoms with Crippen molar-refractivity contribution in [1.29, 1.82) is 0 Å². The highest BCUT2D eigenvalue weighted by Gasteiger charge is 2.51. The van der Waals surface area contributed by atoms with E-state index in [1.807, 2.05) is 59.8 Å². The van der Waals surface area contributed by atoms with Gasteiger partial charge in [-0.15, -0.1) is 0 Å². The zero-order valence-electron chi connectivity index (χ0n) is 49.4. The first-order chi connectivity index (χ1) is 42.6. The number of benzene rings is 2. The van der Waals surface area contributed by atoms with Gasteiger partial charge in [-0.3, -0.25) is 4.79 Å². The Bertz CT molecular complexity index is 3720. The number of amides is 3. The number of H-pyrrole nitrogens is 3. The number of halogens is 2. The van der Waals surface area contributed by atoms with Crippen LogP contribution in [0.15, 0.2) is 104 Å². The summed E-state index contributed by atoms with van der Waals surface area (Å²) < 4.78 is 9.84. The van der Waals surface area contributed by atoms with E-state index in [1.54, 1.807) is 51.2 Å². The Labute approximate surface area is 521 Å². The second kappa shape index (κ2) is 28.2. The molecule has 29 heteroatoms. The molecule has 0 bridgehead atoms. The van der Waals surface area contributed by atoms with Gasteiger partial charge < -0.3 is 81.9 Å². The quantitative estimate of drug-likeness (QED) is 0.0443. The molecular formula is C60H73Cl2N17O10. The van der Waals surface area contributed by atoms with Crippen molar-refractivity contribution in [3.05, 3.63) is 125 Å². The van der Waals surface area contributed by atoms with Crippen LogP contribution in [-0.2, 0) is 23.9 Å². The van der Waals surface area contributed by atoms with E-state index >= 15 is 0 Å². The highest BCUT2D eigenvalue weighted by atomic mass is 35.5. The van der Waals surface area contributed by atoms with Gasteiger partial charge in [0.2, 0.25) is 5.91 Å². The number of hydrogen-bond donors (Lipinski definition) is 11. The molecule has 0 unspecified atom stereocenters. The minimum absolute atomic E-state index is 0.0424. The van der Waals surface area contributed by atoms with Crippen molar-refractivity contribution in [1.82, 2.24) is 60.8 Å². The number of aliphatic hydroxyl groups is 2. The van der Waals surface area contributed by atoms with Crippen LogP contribution in [0.25, 0.3) is 33.1 Å². The average molecular weight is 1260 g/mol. The van der Waals surface area contributed by atoms with Crippen molar-refractivity contribution in [2.75, 3.05) is 67.2 Å². The molecule has 27 nitrogen and oxygen atoms in total. The number of fused-ring (bicyclic) bond motifs is 3. The van der Waals surface area contributed by atoms with Gasteiger partial charge in [0.05, 0.1) is 27.7 Å². The van der Waals surface area contributed by atoms with Crippen LogP contribution in [0.2, 0.25) is 10.0 Å². The Kier molecular flexibility index (Phi) is 20.5. The van der Waals surface area contributed by atoms with Gasteiger partial charge in [-0.2, -0.15) is 0 Å². The summed E-state index contributed by atoms with van der Waals surface area (Å²) in [6, 6.07) is 20.0. The number of hydrogen-bond acceptors (Lipinski definition) is 20. The highest BCUT2D eigenvalue weighted by Crippen LogP contribution is 2.34. The van der Waals surface area contributed by atoms with E-state index in [4.69, 9.17) is 44.5 Å². The number of alkyl carbamates (subject to hydrolysis) is 2. The Morgan fingerprint density at radius 3 is 1.48 bits per heavy atom. The van der Waals surface area contributed by atoms with Crippen LogP contribution in [-0.4, -0.2) is 165 Å². The zero-order chi connectivity index (χ0) is 63.5. The molecule has 4 aliphatic heterocycles. The van der Waals surface area contributed by atoms with Crippen molar-refractivity contribution in [3.8, 4) is 0 Å². The first kappa shape index (κ1) is 64.7. The van der Waals surface area contributed by atoms with Crippen LogP contribution in [0.4, 0.5) is 27.0 Å². The number of aliphatic hydroxyl groups excluding tert-OH is 2. The maximum atomic E-state index is 13.1. The smallest absolute Gasteiger partial charge is 0.415 e. The first-order valence-electron chi connectivity index (χ1n) is 29.1. The third-order valence-corrected chi connectivity index (χ3v) is 16.5. The third-order valence-electron chi connectivity index (χ3n) is 16.0. The van der Waals surface area contributed by atoms with Crippen molar-refractivity contribution < 1.29 is 48.8 Å². The number of nitrogens with two attached hydrogens (primary N) is 2. The number of carbonyl (C=O) groups is 5. The number of anilines is 3. The Morgan fingerprint density at radius 2 is 1.08 bits per heavy atom. The van der Waals surface area contributed by atoms with E-state index in [2.05, 4.69) is 75.3 Å². The molecule has 2 atom stereocenters. The summed E-state index contributed by atoms with van der Waals surface area (Å²) >= 11 is 11.7. The molecular weight excluding hydrogens is 1190 g/mol. The number of esters is 1. The summed E-state index contributed by atoms with van der Waals surface area (Å²) in [5, 5.41) is 40.2. The maximum Gasteiger partial charge on any atom is 0.415 e. The minimum Gasteiger partial charge on any atom is -0.480 e. The predicted octanol–water partition coefficient (Wildman–Crippen LogP) is 6.34. The van der Waals surface area contributed by atoms with Gasteiger partial charge in [-0.05, 0) is 126 Å². The second-order valence-corrected chi connectivity index (χ2v) is 24.0. The summed E-state index contributed by atoms with van der Waals surface area (Å²) in [7, 11) is 0. The van der Waals surface area contributed by atoms with Gasteiger partial charge in [-0.25, -0.2) is 49.1 Å². The molecule has 1 spiro atoms. The number of rotatable bonds is 13. The number of carbonyl (C=O) groups excluding carboxylic acids is 4. The molecule has 12 rings (SSSR count). The molecule has 8 aromatic rings. The number of cyclic esters (lactones) is 2. The lowest BCUT2D eigenvalue weighted by atomic mass is 9.87. The van der Waals surface area contributed by atoms with E-state index < -0.39 is 46.3 Å². The molecule has 6 aromatic heterocycles. The fourth-order valence-electron chi connectivity index (χ4n) is 11.0. The third kappa shape index (κ3) is 15.6. The van der Waals surface area contributed by atoms with Crippen molar-refractivity contribution in [2.45, 2.75) is 106 Å². The van der Waals surface area contributed by atoms with Crippen LogP contribution >= 0.6 is 23.2 Å². The average Bonchev–Trinajstić information content (AvgIpc) is 2.30. The summed E-state index contributed by atoms with van der Waals surface area (Å²) in [6.07, 6.45) is 12.1. The second-order valence-electron chi connectivity index (χ2n) is 23.1. The van der Waals surface area contributed by atoms with Gasteiger partial charge in [-0.1, -0.05) is 47.5 Å². The van der Waals surface area contributed by atoms with Crippen LogP contribution in [0.1, 0.15) is 95.3 Å². The van der Waals surface area contributed by atoms with E-state index in [0.29, 0.717) is 87.8 Å². The molecule has 10 heterocycles. The SMILES string of the molecule is CC(C)(C)OC(=O)NC1(C(=O)O)CCN(c2ncnc3[nH]ccc23)CC1.NC1(C(=O)N[C@@H](CCO)c2ccc(Cl)cc2)CCN(c2ncnc3[nH]ccc23)CC1.N[C@@H](CCO)c1ccc(Cl)cc1.O=C1NC2(CCN(c3ncnc4[nH]ccc34)CC2)C(=O)O1. The van der Waals surface area contributed by atoms with Crippen LogP contribution in [0.5, 0.6) is 0 Å². The number of aliphatic carboxylic acids is 1. The van der Waals surface area contributed by atoms with Crippen LogP contribution in [0, 0.1) is 0 Å². The van der Waals surface area contributed by atoms with Crippen molar-refractivity contribution in [3.63, 3.8) is 0 Å². The topological polar surface area (TPSA) is 387 Å². The summed E-state index contributed by atoms with van der Waals surface area (Å²) in [5.41, 5.74) is 12.6. The lowest BCUT2D eigenvalue weighted by Crippen LogP contribution is -2.60. The molecule has 3 amide bonds. The van der Waals surface area contributed by atoms with Crippen LogP contribution in [0.3, 0.4) is 0 Å². The normalized spacial score (nSPS) is 17.4. The van der Waals surface area contributed by atoms with E-state index in [1.165, 1.54) is 19.0 Å². The Balaban J connectivity index is 0.000000147. The number of aromatic amines is 3. The molecule has 2 aromatic carbocycles. The first-order valence-corrected chi connectivity index (χ1v) is 29.8. The molecule has 0 aliphatic carbocycles.